The van der Waals surface area contributed by atoms with Crippen LogP contribution in [0.4, 0.5) is 0 Å². The van der Waals surface area contributed by atoms with E-state index in [4.69, 9.17) is 18.5 Å². The number of aromatic nitrogens is 2. The predicted molar refractivity (Wildman–Crippen MR) is 140 cm³/mol. The highest BCUT2D eigenvalue weighted by molar-refractivity contribution is 7.52. The molecule has 14 heteroatoms. The van der Waals surface area contributed by atoms with Gasteiger partial charge < -0.3 is 29.3 Å². The molecule has 13 nitrogen and oxygen atoms in total. The van der Waals surface area contributed by atoms with Gasteiger partial charge in [-0.1, -0.05) is 49.1 Å². The molecule has 3 aromatic rings. The Labute approximate surface area is 222 Å². The van der Waals surface area contributed by atoms with Crippen molar-refractivity contribution in [2.24, 2.45) is 0 Å². The maximum atomic E-state index is 14.0. The zero-order valence-corrected chi connectivity index (χ0v) is 22.1. The summed E-state index contributed by atoms with van der Waals surface area (Å²) in [5.41, 5.74) is -3.74. The van der Waals surface area contributed by atoms with E-state index in [9.17, 15) is 29.5 Å². The van der Waals surface area contributed by atoms with E-state index >= 15 is 0 Å². The lowest BCUT2D eigenvalue weighted by Gasteiger charge is -2.28. The van der Waals surface area contributed by atoms with Crippen LogP contribution in [0.1, 0.15) is 13.2 Å². The van der Waals surface area contributed by atoms with Crippen LogP contribution in [0.3, 0.4) is 0 Å². The quantitative estimate of drug-likeness (QED) is 0.128. The first-order valence-corrected chi connectivity index (χ1v) is 13.5. The number of methoxy groups -OCH3 is 1. The van der Waals surface area contributed by atoms with Crippen LogP contribution in [0.25, 0.3) is 10.8 Å². The van der Waals surface area contributed by atoms with Gasteiger partial charge in [-0.3, -0.25) is 18.9 Å². The number of hydrogen-bond donors (Lipinski definition) is 5. The van der Waals surface area contributed by atoms with Gasteiger partial charge in [0.2, 0.25) is 0 Å². The van der Waals surface area contributed by atoms with Crippen molar-refractivity contribution < 1.29 is 38.4 Å². The van der Waals surface area contributed by atoms with E-state index in [1.807, 2.05) is 23.2 Å². The molecule has 5 N–H and O–H groups in total. The van der Waals surface area contributed by atoms with Gasteiger partial charge in [-0.05, 0) is 18.4 Å². The zero-order valence-electron chi connectivity index (χ0n) is 21.2. The Morgan fingerprint density at radius 2 is 1.97 bits per heavy atom. The van der Waals surface area contributed by atoms with Gasteiger partial charge >= 0.3 is 13.4 Å². The highest BCUT2D eigenvalue weighted by atomic mass is 31.2. The van der Waals surface area contributed by atoms with Crippen LogP contribution in [0, 0.1) is 0 Å². The van der Waals surface area contributed by atoms with Crippen molar-refractivity contribution in [3.8, 4) is 5.75 Å². The summed E-state index contributed by atoms with van der Waals surface area (Å²) in [6.45, 7) is 4.44. The summed E-state index contributed by atoms with van der Waals surface area (Å²) < 4.78 is 37.0. The number of ether oxygens (including phenoxy) is 2. The number of aliphatic hydroxyl groups is 3. The van der Waals surface area contributed by atoms with Crippen LogP contribution >= 0.6 is 7.75 Å². The number of nitrogens with zero attached hydrogens (tertiary/aromatic N) is 1. The number of hydrogen-bond acceptors (Lipinski definition) is 10. The maximum Gasteiger partial charge on any atom is 0.459 e. The Morgan fingerprint density at radius 1 is 1.26 bits per heavy atom. The van der Waals surface area contributed by atoms with Gasteiger partial charge in [0.25, 0.3) is 5.56 Å². The normalized spacial score (nSPS) is 26.1. The summed E-state index contributed by atoms with van der Waals surface area (Å²) >= 11 is 0. The van der Waals surface area contributed by atoms with Gasteiger partial charge in [-0.25, -0.2) is 14.4 Å². The molecule has 1 aromatic heterocycles. The van der Waals surface area contributed by atoms with E-state index in [0.717, 1.165) is 28.3 Å². The first kappa shape index (κ1) is 28.9. The van der Waals surface area contributed by atoms with Gasteiger partial charge in [0.15, 0.2) is 18.1 Å². The van der Waals surface area contributed by atoms with E-state index in [1.54, 1.807) is 24.3 Å². The minimum absolute atomic E-state index is 0.219. The molecular formula is C25H30N3O10P. The number of rotatable bonds is 11. The molecule has 0 bridgehead atoms. The molecule has 0 radical (unpaired) electrons. The molecule has 7 unspecified atom stereocenters. The van der Waals surface area contributed by atoms with Crippen molar-refractivity contribution in [3.63, 3.8) is 0 Å². The molecule has 39 heavy (non-hydrogen) atoms. The number of H-pyrrole nitrogens is 1. The van der Waals surface area contributed by atoms with Crippen molar-refractivity contribution >= 4 is 18.5 Å². The average Bonchev–Trinajstić information content (AvgIpc) is 3.17. The smallest absolute Gasteiger partial charge is 0.413 e. The van der Waals surface area contributed by atoms with Crippen molar-refractivity contribution in [2.45, 2.75) is 43.3 Å². The molecule has 0 amide bonds. The van der Waals surface area contributed by atoms with E-state index < -0.39 is 62.0 Å². The maximum absolute atomic E-state index is 14.0. The molecule has 1 aliphatic heterocycles. The Hall–Kier alpha value is -3.13. The minimum atomic E-state index is -4.31. The lowest BCUT2D eigenvalue weighted by molar-refractivity contribution is -0.0908. The summed E-state index contributed by atoms with van der Waals surface area (Å²) in [6.07, 6.45) is -3.78. The van der Waals surface area contributed by atoms with Gasteiger partial charge in [-0.15, -0.1) is 0 Å². The van der Waals surface area contributed by atoms with Gasteiger partial charge in [0.05, 0.1) is 12.6 Å². The van der Waals surface area contributed by atoms with E-state index in [2.05, 4.69) is 11.7 Å². The molecule has 0 spiro atoms. The fraction of sp³-hybridized carbons (Fsp3) is 0.360. The van der Waals surface area contributed by atoms with E-state index in [-0.39, 0.29) is 5.75 Å². The van der Waals surface area contributed by atoms with Gasteiger partial charge in [0, 0.05) is 24.8 Å². The number of nitrogens with one attached hydrogen (secondary N) is 2. The topological polar surface area (TPSA) is 182 Å². The SMILES string of the molecule is C=CC1(O)C(O)C(COP(=O)(NC(C)C(O)OC)Oc2cccc3ccccc23)OC1n1ccc(=O)[nH]c1=O. The molecule has 4 rings (SSSR count). The van der Waals surface area contributed by atoms with Crippen molar-refractivity contribution in [1.29, 1.82) is 0 Å². The van der Waals surface area contributed by atoms with Crippen LogP contribution in [-0.2, 0) is 18.6 Å². The van der Waals surface area contributed by atoms with E-state index in [0.29, 0.717) is 5.39 Å². The van der Waals surface area contributed by atoms with Crippen molar-refractivity contribution in [2.75, 3.05) is 13.7 Å². The Morgan fingerprint density at radius 3 is 2.67 bits per heavy atom. The molecule has 0 saturated carbocycles. The third-order valence-corrected chi connectivity index (χ3v) is 8.01. The molecule has 0 aliphatic carbocycles. The van der Waals surface area contributed by atoms with E-state index in [1.165, 1.54) is 14.0 Å². The van der Waals surface area contributed by atoms with Gasteiger partial charge in [0.1, 0.15) is 18.0 Å². The fourth-order valence-electron chi connectivity index (χ4n) is 4.23. The standard InChI is InChI=1S/C25H30N3O10P/c1-4-25(33)21(30)19(37-23(25)28-13-12-20(29)26-24(28)32)14-36-39(34,27-15(2)22(31)35-3)38-18-11-7-9-16-8-5-6-10-17(16)18/h4-13,15,19,21-23,30-31,33H,1,14H2,2-3H3,(H,27,34)(H,26,29,32). The van der Waals surface area contributed by atoms with Crippen LogP contribution in [-0.4, -0.2) is 68.7 Å². The third-order valence-electron chi connectivity index (χ3n) is 6.36. The number of benzene rings is 2. The number of aliphatic hydroxyl groups excluding tert-OH is 2. The highest BCUT2D eigenvalue weighted by Gasteiger charge is 2.55. The van der Waals surface area contributed by atoms with Crippen molar-refractivity contribution in [1.82, 2.24) is 14.6 Å². The minimum Gasteiger partial charge on any atom is -0.413 e. The van der Waals surface area contributed by atoms with Crippen LogP contribution in [0.15, 0.2) is 77.0 Å². The second kappa shape index (κ2) is 11.5. The number of aromatic amines is 1. The van der Waals surface area contributed by atoms with Crippen LogP contribution < -0.4 is 20.9 Å². The zero-order chi connectivity index (χ0) is 28.4. The monoisotopic (exact) mass is 563 g/mol. The summed E-state index contributed by atoms with van der Waals surface area (Å²) in [6, 6.07) is 12.5. The molecular weight excluding hydrogens is 533 g/mol. The van der Waals surface area contributed by atoms with Crippen LogP contribution in [0.2, 0.25) is 0 Å². The average molecular weight is 564 g/mol. The van der Waals surface area contributed by atoms with Crippen molar-refractivity contribution in [3.05, 3.63) is 88.2 Å². The second-order valence-electron chi connectivity index (χ2n) is 8.99. The largest absolute Gasteiger partial charge is 0.459 e. The Balaban J connectivity index is 1.62. The second-order valence-corrected chi connectivity index (χ2v) is 10.7. The third kappa shape index (κ3) is 5.91. The summed E-state index contributed by atoms with van der Waals surface area (Å²) in [4.78, 5) is 25.9. The molecule has 2 heterocycles. The lowest BCUT2D eigenvalue weighted by atomic mass is 9.94. The summed E-state index contributed by atoms with van der Waals surface area (Å²) in [7, 11) is -3.05. The fourth-order valence-corrected chi connectivity index (χ4v) is 5.80. The molecule has 1 aliphatic rings. The molecule has 1 saturated heterocycles. The highest BCUT2D eigenvalue weighted by Crippen LogP contribution is 2.48. The Bertz CT molecular complexity index is 1490. The van der Waals surface area contributed by atoms with Crippen LogP contribution in [0.5, 0.6) is 5.75 Å². The molecule has 2 aromatic carbocycles. The lowest BCUT2D eigenvalue weighted by Crippen LogP contribution is -2.47. The molecule has 210 valence electrons. The Kier molecular flexibility index (Phi) is 8.54. The molecule has 7 atom stereocenters. The van der Waals surface area contributed by atoms with Gasteiger partial charge in [-0.2, -0.15) is 0 Å². The first-order chi connectivity index (χ1) is 18.5. The molecule has 1 fully saturated rings. The summed E-state index contributed by atoms with van der Waals surface area (Å²) in [5.74, 6) is 0.219. The predicted octanol–water partition coefficient (Wildman–Crippen LogP) is 1.01. The number of fused-ring (bicyclic) bond motifs is 1. The summed E-state index contributed by atoms with van der Waals surface area (Å²) in [5, 5.41) is 36.1. The first-order valence-electron chi connectivity index (χ1n) is 11.9.